The fourth-order valence-corrected chi connectivity index (χ4v) is 2.31. The molecule has 2 aromatic carbocycles. The summed E-state index contributed by atoms with van der Waals surface area (Å²) in [7, 11) is 0. The molecule has 1 N–H and O–H groups in total. The molecule has 0 unspecified atom stereocenters. The highest BCUT2D eigenvalue weighted by Gasteiger charge is 2.07. The summed E-state index contributed by atoms with van der Waals surface area (Å²) in [6.07, 6.45) is 0. The molecule has 0 radical (unpaired) electrons. The third-order valence-electron chi connectivity index (χ3n) is 2.49. The van der Waals surface area contributed by atoms with E-state index in [9.17, 15) is 0 Å². The largest absolute Gasteiger partial charge is 0.455 e. The predicted molar refractivity (Wildman–Crippen MR) is 76.3 cm³/mol. The minimum absolute atomic E-state index is 0.00413. The fraction of sp³-hybridized carbons (Fsp3) is 0.143. The second kappa shape index (κ2) is 5.74. The zero-order valence-corrected chi connectivity index (χ0v) is 12.1. The molecule has 0 saturated carbocycles. The maximum Gasteiger partial charge on any atom is 0.146 e. The van der Waals surface area contributed by atoms with Gasteiger partial charge in [0, 0.05) is 0 Å². The smallest absolute Gasteiger partial charge is 0.146 e. The highest BCUT2D eigenvalue weighted by Crippen LogP contribution is 2.34. The van der Waals surface area contributed by atoms with Crippen LogP contribution >= 0.6 is 27.5 Å². The van der Waals surface area contributed by atoms with E-state index in [4.69, 9.17) is 21.4 Å². The van der Waals surface area contributed by atoms with Crippen LogP contribution in [0.15, 0.2) is 40.9 Å². The van der Waals surface area contributed by atoms with Crippen molar-refractivity contribution in [2.75, 3.05) is 0 Å². The zero-order valence-electron chi connectivity index (χ0n) is 9.78. The average molecular weight is 328 g/mol. The van der Waals surface area contributed by atoms with Gasteiger partial charge in [0.2, 0.25) is 0 Å². The molecule has 0 amide bonds. The van der Waals surface area contributed by atoms with Crippen molar-refractivity contribution in [1.82, 2.24) is 0 Å². The van der Waals surface area contributed by atoms with Crippen LogP contribution in [0.5, 0.6) is 11.5 Å². The van der Waals surface area contributed by atoms with Gasteiger partial charge in [0.25, 0.3) is 0 Å². The van der Waals surface area contributed by atoms with Gasteiger partial charge in [-0.15, -0.1) is 0 Å². The molecule has 0 aliphatic heterocycles. The minimum atomic E-state index is 0.00413. The van der Waals surface area contributed by atoms with Gasteiger partial charge in [0.05, 0.1) is 16.1 Å². The molecule has 0 bridgehead atoms. The van der Waals surface area contributed by atoms with Gasteiger partial charge >= 0.3 is 0 Å². The van der Waals surface area contributed by atoms with E-state index in [1.807, 2.05) is 37.3 Å². The van der Waals surface area contributed by atoms with Crippen molar-refractivity contribution in [3.63, 3.8) is 0 Å². The van der Waals surface area contributed by atoms with Gasteiger partial charge in [-0.25, -0.2) is 0 Å². The molecule has 0 heterocycles. The standard InChI is InChI=1S/C14H12BrClO2/c1-9-2-4-14(12(16)6-9)18-13-5-3-10(8-17)7-11(13)15/h2-7,17H,8H2,1H3. The highest BCUT2D eigenvalue weighted by molar-refractivity contribution is 9.10. The van der Waals surface area contributed by atoms with E-state index in [0.717, 1.165) is 15.6 Å². The summed E-state index contributed by atoms with van der Waals surface area (Å²) < 4.78 is 6.52. The second-order valence-corrected chi connectivity index (χ2v) is 5.22. The third-order valence-corrected chi connectivity index (χ3v) is 3.40. The second-order valence-electron chi connectivity index (χ2n) is 3.96. The number of aliphatic hydroxyl groups is 1. The fourth-order valence-electron chi connectivity index (χ4n) is 1.53. The number of aryl methyl sites for hydroxylation is 1. The molecule has 0 aliphatic carbocycles. The maximum atomic E-state index is 9.03. The van der Waals surface area contributed by atoms with Gasteiger partial charge in [0.15, 0.2) is 0 Å². The summed E-state index contributed by atoms with van der Waals surface area (Å²) in [6.45, 7) is 1.98. The molecule has 0 fully saturated rings. The highest BCUT2D eigenvalue weighted by atomic mass is 79.9. The summed E-state index contributed by atoms with van der Waals surface area (Å²) in [4.78, 5) is 0. The summed E-state index contributed by atoms with van der Waals surface area (Å²) in [5, 5.41) is 9.61. The predicted octanol–water partition coefficient (Wildman–Crippen LogP) is 4.70. The minimum Gasteiger partial charge on any atom is -0.455 e. The average Bonchev–Trinajstić information content (AvgIpc) is 2.34. The van der Waals surface area contributed by atoms with Crippen LogP contribution in [0.4, 0.5) is 0 Å². The number of hydrogen-bond acceptors (Lipinski definition) is 2. The molecule has 2 rings (SSSR count). The Morgan fingerprint density at radius 2 is 1.89 bits per heavy atom. The van der Waals surface area contributed by atoms with Crippen molar-refractivity contribution in [2.24, 2.45) is 0 Å². The number of halogens is 2. The van der Waals surface area contributed by atoms with Crippen LogP contribution in [0, 0.1) is 6.92 Å². The first kappa shape index (κ1) is 13.4. The Hall–Kier alpha value is -1.03. The van der Waals surface area contributed by atoms with Gasteiger partial charge in [-0.2, -0.15) is 0 Å². The van der Waals surface area contributed by atoms with Crippen molar-refractivity contribution in [2.45, 2.75) is 13.5 Å². The van der Waals surface area contributed by atoms with E-state index in [1.54, 1.807) is 6.07 Å². The van der Waals surface area contributed by atoms with Crippen LogP contribution in [0.2, 0.25) is 5.02 Å². The first-order valence-corrected chi connectivity index (χ1v) is 6.60. The number of benzene rings is 2. The lowest BCUT2D eigenvalue weighted by atomic mass is 10.2. The molecule has 2 aromatic rings. The van der Waals surface area contributed by atoms with Crippen molar-refractivity contribution >= 4 is 27.5 Å². The quantitative estimate of drug-likeness (QED) is 0.885. The third kappa shape index (κ3) is 3.05. The Bertz CT molecular complexity index is 570. The summed E-state index contributed by atoms with van der Waals surface area (Å²) in [5.41, 5.74) is 1.91. The van der Waals surface area contributed by atoms with Crippen LogP contribution in [0.1, 0.15) is 11.1 Å². The molecule has 0 aromatic heterocycles. The molecule has 0 saturated heterocycles. The molecule has 0 aliphatic rings. The molecule has 18 heavy (non-hydrogen) atoms. The number of ether oxygens (including phenoxy) is 1. The van der Waals surface area contributed by atoms with Crippen molar-refractivity contribution in [3.05, 3.63) is 57.0 Å². The first-order valence-electron chi connectivity index (χ1n) is 5.43. The van der Waals surface area contributed by atoms with Gasteiger partial charge in [-0.1, -0.05) is 23.7 Å². The van der Waals surface area contributed by atoms with E-state index in [2.05, 4.69) is 15.9 Å². The number of rotatable bonds is 3. The Balaban J connectivity index is 2.28. The van der Waals surface area contributed by atoms with Crippen LogP contribution in [-0.4, -0.2) is 5.11 Å². The van der Waals surface area contributed by atoms with Gasteiger partial charge < -0.3 is 9.84 Å². The number of hydrogen-bond donors (Lipinski definition) is 1. The van der Waals surface area contributed by atoms with Crippen LogP contribution in [-0.2, 0) is 6.61 Å². The Labute approximate surface area is 119 Å². The molecule has 94 valence electrons. The number of aliphatic hydroxyl groups excluding tert-OH is 1. The van der Waals surface area contributed by atoms with E-state index < -0.39 is 0 Å². The van der Waals surface area contributed by atoms with Gasteiger partial charge in [-0.3, -0.25) is 0 Å². The van der Waals surface area contributed by atoms with E-state index in [0.29, 0.717) is 16.5 Å². The molecule has 2 nitrogen and oxygen atoms in total. The van der Waals surface area contributed by atoms with Crippen molar-refractivity contribution in [3.8, 4) is 11.5 Å². The normalized spacial score (nSPS) is 10.4. The topological polar surface area (TPSA) is 29.5 Å². The summed E-state index contributed by atoms with van der Waals surface area (Å²) >= 11 is 9.52. The van der Waals surface area contributed by atoms with Crippen LogP contribution in [0.25, 0.3) is 0 Å². The van der Waals surface area contributed by atoms with Crippen molar-refractivity contribution < 1.29 is 9.84 Å². The summed E-state index contributed by atoms with van der Waals surface area (Å²) in [5.74, 6) is 1.28. The Morgan fingerprint density at radius 3 is 2.50 bits per heavy atom. The monoisotopic (exact) mass is 326 g/mol. The maximum absolute atomic E-state index is 9.03. The molecule has 0 atom stereocenters. The Kier molecular flexibility index (Phi) is 4.27. The lowest BCUT2D eigenvalue weighted by Gasteiger charge is -2.10. The van der Waals surface area contributed by atoms with Crippen molar-refractivity contribution in [1.29, 1.82) is 0 Å². The Morgan fingerprint density at radius 1 is 1.17 bits per heavy atom. The van der Waals surface area contributed by atoms with Crippen LogP contribution < -0.4 is 4.74 Å². The zero-order chi connectivity index (χ0) is 13.1. The summed E-state index contributed by atoms with van der Waals surface area (Å²) in [6, 6.07) is 11.1. The van der Waals surface area contributed by atoms with E-state index in [-0.39, 0.29) is 6.61 Å². The molecule has 4 heteroatoms. The molecule has 0 spiro atoms. The van der Waals surface area contributed by atoms with Crippen LogP contribution in [0.3, 0.4) is 0 Å². The molecular weight excluding hydrogens is 316 g/mol. The first-order chi connectivity index (χ1) is 8.60. The van der Waals surface area contributed by atoms with Gasteiger partial charge in [0.1, 0.15) is 11.5 Å². The molecular formula is C14H12BrClO2. The van der Waals surface area contributed by atoms with Gasteiger partial charge in [-0.05, 0) is 58.2 Å². The SMILES string of the molecule is Cc1ccc(Oc2ccc(CO)cc2Br)c(Cl)c1. The van der Waals surface area contributed by atoms with E-state index >= 15 is 0 Å². The lowest BCUT2D eigenvalue weighted by molar-refractivity contribution is 0.281. The lowest BCUT2D eigenvalue weighted by Crippen LogP contribution is -1.89. The van der Waals surface area contributed by atoms with E-state index in [1.165, 1.54) is 0 Å².